The molecule has 0 amide bonds. The topological polar surface area (TPSA) is 50.9 Å². The summed E-state index contributed by atoms with van der Waals surface area (Å²) in [5, 5.41) is 3.28. The van der Waals surface area contributed by atoms with Crippen molar-refractivity contribution in [3.8, 4) is 0 Å². The van der Waals surface area contributed by atoms with E-state index >= 15 is 0 Å². The van der Waals surface area contributed by atoms with Gasteiger partial charge in [-0.2, -0.15) is 0 Å². The molecule has 1 rings (SSSR count). The number of nitrogens with zero attached hydrogens (tertiary/aromatic N) is 1. The van der Waals surface area contributed by atoms with Gasteiger partial charge in [-0.3, -0.25) is 4.98 Å². The Kier molecular flexibility index (Phi) is 3.48. The van der Waals surface area contributed by atoms with Crippen LogP contribution in [0.25, 0.3) is 0 Å². The minimum absolute atomic E-state index is 0.386. The molecule has 3 nitrogen and oxygen atoms in total. The van der Waals surface area contributed by atoms with E-state index in [9.17, 15) is 0 Å². The fraction of sp³-hybridized carbons (Fsp3) is 0.571. The highest BCUT2D eigenvalue weighted by Crippen LogP contribution is 2.04. The van der Waals surface area contributed by atoms with Gasteiger partial charge in [0.05, 0.1) is 5.51 Å². The number of thiazole rings is 1. The van der Waals surface area contributed by atoms with Crippen molar-refractivity contribution in [3.05, 3.63) is 16.6 Å². The first-order valence-electron chi connectivity index (χ1n) is 3.63. The van der Waals surface area contributed by atoms with Gasteiger partial charge in [-0.1, -0.05) is 0 Å². The Morgan fingerprint density at radius 1 is 1.82 bits per heavy atom. The highest BCUT2D eigenvalue weighted by molar-refractivity contribution is 7.09. The summed E-state index contributed by atoms with van der Waals surface area (Å²) in [4.78, 5) is 5.23. The predicted octanol–water partition coefficient (Wildman–Crippen LogP) is 0.580. The van der Waals surface area contributed by atoms with Crippen LogP contribution in [0, 0.1) is 0 Å². The van der Waals surface area contributed by atoms with E-state index in [1.54, 1.807) is 11.3 Å². The van der Waals surface area contributed by atoms with Gasteiger partial charge in [-0.05, 0) is 6.92 Å². The fourth-order valence-electron chi connectivity index (χ4n) is 0.688. The second-order valence-electron chi connectivity index (χ2n) is 2.49. The molecule has 0 aliphatic rings. The number of rotatable bonds is 4. The highest BCUT2D eigenvalue weighted by Gasteiger charge is 1.98. The summed E-state index contributed by atoms with van der Waals surface area (Å²) < 4.78 is 0. The Morgan fingerprint density at radius 3 is 3.18 bits per heavy atom. The lowest BCUT2D eigenvalue weighted by molar-refractivity contribution is 0.559. The summed E-state index contributed by atoms with van der Waals surface area (Å²) in [6.07, 6.45) is 1.88. The summed E-state index contributed by atoms with van der Waals surface area (Å²) >= 11 is 1.66. The van der Waals surface area contributed by atoms with E-state index in [1.165, 1.54) is 4.88 Å². The zero-order valence-corrected chi connectivity index (χ0v) is 7.40. The smallest absolute Gasteiger partial charge is 0.0794 e. The standard InChI is InChI=1S/C7H13N3S/c1-6(2-8)10-4-7-3-9-5-11-7/h3,5-6,10H,2,4,8H2,1H3/t6-/m0/s1. The SMILES string of the molecule is C[C@@H](CN)NCc1cncs1. The molecule has 0 spiro atoms. The molecule has 1 aromatic rings. The Morgan fingerprint density at radius 2 is 2.64 bits per heavy atom. The van der Waals surface area contributed by atoms with Crippen LogP contribution in [-0.2, 0) is 6.54 Å². The normalized spacial score (nSPS) is 13.3. The third-order valence-corrected chi connectivity index (χ3v) is 2.24. The molecule has 0 radical (unpaired) electrons. The van der Waals surface area contributed by atoms with Crippen molar-refractivity contribution in [1.82, 2.24) is 10.3 Å². The lowest BCUT2D eigenvalue weighted by Crippen LogP contribution is -2.32. The van der Waals surface area contributed by atoms with Gasteiger partial charge in [0, 0.05) is 30.2 Å². The molecule has 0 saturated heterocycles. The summed E-state index contributed by atoms with van der Waals surface area (Å²) in [7, 11) is 0. The molecule has 0 aromatic carbocycles. The van der Waals surface area contributed by atoms with E-state index in [2.05, 4.69) is 17.2 Å². The van der Waals surface area contributed by atoms with Gasteiger partial charge in [0.1, 0.15) is 0 Å². The van der Waals surface area contributed by atoms with Gasteiger partial charge in [0.15, 0.2) is 0 Å². The van der Waals surface area contributed by atoms with E-state index in [-0.39, 0.29) is 0 Å². The maximum Gasteiger partial charge on any atom is 0.0794 e. The van der Waals surface area contributed by atoms with Crippen LogP contribution in [0.15, 0.2) is 11.7 Å². The molecule has 0 unspecified atom stereocenters. The number of aromatic nitrogens is 1. The number of hydrogen-bond acceptors (Lipinski definition) is 4. The van der Waals surface area contributed by atoms with Crippen molar-refractivity contribution in [2.75, 3.05) is 6.54 Å². The fourth-order valence-corrected chi connectivity index (χ4v) is 1.23. The van der Waals surface area contributed by atoms with Gasteiger partial charge >= 0.3 is 0 Å². The Balaban J connectivity index is 2.23. The molecule has 0 saturated carbocycles. The second-order valence-corrected chi connectivity index (χ2v) is 3.46. The first kappa shape index (κ1) is 8.64. The first-order valence-corrected chi connectivity index (χ1v) is 4.51. The lowest BCUT2D eigenvalue weighted by atomic mass is 10.3. The molecule has 1 aromatic heterocycles. The summed E-state index contributed by atoms with van der Waals surface area (Å²) in [6.45, 7) is 3.63. The largest absolute Gasteiger partial charge is 0.329 e. The predicted molar refractivity (Wildman–Crippen MR) is 47.5 cm³/mol. The molecule has 0 aliphatic carbocycles. The zero-order chi connectivity index (χ0) is 8.10. The van der Waals surface area contributed by atoms with Gasteiger partial charge in [-0.15, -0.1) is 11.3 Å². The zero-order valence-electron chi connectivity index (χ0n) is 6.58. The van der Waals surface area contributed by atoms with Gasteiger partial charge < -0.3 is 11.1 Å². The average molecular weight is 171 g/mol. The molecule has 4 heteroatoms. The first-order chi connectivity index (χ1) is 5.33. The molecule has 0 fully saturated rings. The van der Waals surface area contributed by atoms with Gasteiger partial charge in [0.25, 0.3) is 0 Å². The maximum absolute atomic E-state index is 5.44. The molecular formula is C7H13N3S. The molecule has 3 N–H and O–H groups in total. The van der Waals surface area contributed by atoms with Crippen molar-refractivity contribution >= 4 is 11.3 Å². The molecular weight excluding hydrogens is 158 g/mol. The van der Waals surface area contributed by atoms with E-state index in [0.717, 1.165) is 6.54 Å². The quantitative estimate of drug-likeness (QED) is 0.696. The van der Waals surface area contributed by atoms with Crippen LogP contribution in [0.5, 0.6) is 0 Å². The van der Waals surface area contributed by atoms with Crippen LogP contribution >= 0.6 is 11.3 Å². The van der Waals surface area contributed by atoms with E-state index < -0.39 is 0 Å². The number of nitrogens with one attached hydrogen (secondary N) is 1. The monoisotopic (exact) mass is 171 g/mol. The van der Waals surface area contributed by atoms with Crippen molar-refractivity contribution in [2.24, 2.45) is 5.73 Å². The highest BCUT2D eigenvalue weighted by atomic mass is 32.1. The van der Waals surface area contributed by atoms with Crippen molar-refractivity contribution in [3.63, 3.8) is 0 Å². The number of nitrogens with two attached hydrogens (primary N) is 1. The van der Waals surface area contributed by atoms with Crippen LogP contribution in [0.2, 0.25) is 0 Å². The number of hydrogen-bond donors (Lipinski definition) is 2. The van der Waals surface area contributed by atoms with Crippen LogP contribution in [0.3, 0.4) is 0 Å². The van der Waals surface area contributed by atoms with Crippen LogP contribution in [-0.4, -0.2) is 17.6 Å². The summed E-state index contributed by atoms with van der Waals surface area (Å²) in [6, 6.07) is 0.386. The van der Waals surface area contributed by atoms with E-state index in [0.29, 0.717) is 12.6 Å². The maximum atomic E-state index is 5.44. The summed E-state index contributed by atoms with van der Waals surface area (Å²) in [5.41, 5.74) is 7.27. The van der Waals surface area contributed by atoms with Crippen molar-refractivity contribution in [1.29, 1.82) is 0 Å². The minimum Gasteiger partial charge on any atom is -0.329 e. The molecule has 1 heterocycles. The molecule has 11 heavy (non-hydrogen) atoms. The Hall–Kier alpha value is -0.450. The lowest BCUT2D eigenvalue weighted by Gasteiger charge is -2.08. The second kappa shape index (κ2) is 4.43. The van der Waals surface area contributed by atoms with E-state index in [1.807, 2.05) is 11.7 Å². The van der Waals surface area contributed by atoms with Crippen LogP contribution < -0.4 is 11.1 Å². The summed E-state index contributed by atoms with van der Waals surface area (Å²) in [5.74, 6) is 0. The molecule has 0 bridgehead atoms. The third kappa shape index (κ3) is 2.96. The average Bonchev–Trinajstić information content (AvgIpc) is 2.52. The van der Waals surface area contributed by atoms with Crippen molar-refractivity contribution in [2.45, 2.75) is 19.5 Å². The minimum atomic E-state index is 0.386. The Bertz CT molecular complexity index is 186. The molecule has 1 atom stereocenters. The van der Waals surface area contributed by atoms with Gasteiger partial charge in [-0.25, -0.2) is 0 Å². The van der Waals surface area contributed by atoms with Crippen molar-refractivity contribution < 1.29 is 0 Å². The van der Waals surface area contributed by atoms with E-state index in [4.69, 9.17) is 5.73 Å². The molecule has 62 valence electrons. The van der Waals surface area contributed by atoms with Gasteiger partial charge in [0.2, 0.25) is 0 Å². The van der Waals surface area contributed by atoms with Crippen LogP contribution in [0.1, 0.15) is 11.8 Å². The third-order valence-electron chi connectivity index (χ3n) is 1.46. The van der Waals surface area contributed by atoms with Crippen LogP contribution in [0.4, 0.5) is 0 Å². The molecule has 0 aliphatic heterocycles. The Labute approximate surface area is 70.6 Å².